The number of unbranched alkanes of at least 4 members (excludes halogenated alkanes) is 1. The molecule has 3 N–H and O–H groups in total. The molecule has 1 fully saturated rings. The molecule has 170 valence electrons. The van der Waals surface area contributed by atoms with Gasteiger partial charge in [-0.05, 0) is 69.8 Å². The summed E-state index contributed by atoms with van der Waals surface area (Å²) in [6, 6.07) is 8.83. The van der Waals surface area contributed by atoms with Crippen LogP contribution >= 0.6 is 24.0 Å². The zero-order chi connectivity index (χ0) is 21.1. The number of piperidine rings is 1. The first-order valence-electron chi connectivity index (χ1n) is 11.1. The maximum Gasteiger partial charge on any atom is 0.220 e. The highest BCUT2D eigenvalue weighted by molar-refractivity contribution is 14.0. The molecule has 0 radical (unpaired) electrons. The van der Waals surface area contributed by atoms with E-state index in [1.807, 2.05) is 0 Å². The number of aliphatic imine (C=N–C) groups is 1. The largest absolute Gasteiger partial charge is 0.369 e. The Kier molecular flexibility index (Phi) is 13.0. The molecule has 1 heterocycles. The number of halogens is 1. The molecule has 1 saturated heterocycles. The second kappa shape index (κ2) is 14.6. The predicted octanol–water partition coefficient (Wildman–Crippen LogP) is 3.24. The zero-order valence-corrected chi connectivity index (χ0v) is 21.2. The number of likely N-dealkylation sites (tertiary alicyclic amines) is 1. The van der Waals surface area contributed by atoms with Crippen molar-refractivity contribution in [3.63, 3.8) is 0 Å². The van der Waals surface area contributed by atoms with Crippen LogP contribution in [0.4, 0.5) is 0 Å². The molecular formula is C23H40IN5O. The fraction of sp³-hybridized carbons (Fsp3) is 0.652. The first-order valence-corrected chi connectivity index (χ1v) is 11.1. The van der Waals surface area contributed by atoms with Crippen LogP contribution in [0.15, 0.2) is 29.3 Å². The van der Waals surface area contributed by atoms with E-state index in [2.05, 4.69) is 60.3 Å². The summed E-state index contributed by atoms with van der Waals surface area (Å²) in [6.45, 7) is 9.89. The molecular weight excluding hydrogens is 489 g/mol. The smallest absolute Gasteiger partial charge is 0.220 e. The normalized spacial score (nSPS) is 15.5. The second-order valence-electron chi connectivity index (χ2n) is 7.99. The van der Waals surface area contributed by atoms with Crippen LogP contribution in [0.1, 0.15) is 50.7 Å². The number of rotatable bonds is 10. The highest BCUT2D eigenvalue weighted by Gasteiger charge is 2.22. The third-order valence-corrected chi connectivity index (χ3v) is 5.68. The van der Waals surface area contributed by atoms with Gasteiger partial charge in [-0.15, -0.1) is 24.0 Å². The zero-order valence-electron chi connectivity index (χ0n) is 18.9. The first-order chi connectivity index (χ1) is 14.0. The molecule has 0 aromatic heterocycles. The molecule has 1 aliphatic heterocycles. The third-order valence-electron chi connectivity index (χ3n) is 5.68. The van der Waals surface area contributed by atoms with Gasteiger partial charge < -0.3 is 20.9 Å². The van der Waals surface area contributed by atoms with Gasteiger partial charge in [-0.2, -0.15) is 0 Å². The quantitative estimate of drug-likeness (QED) is 0.211. The Balaban J connectivity index is 0.00000450. The standard InChI is InChI=1S/C23H39N5O.HI/c1-4-19-8-10-20(11-9-19)18-27(3)23(25-5-2)26-14-6-7-15-28-16-12-21(13-17-28)22(24)29;/h8-11,21H,4-7,12-18H2,1-3H3,(H2,24,29)(H,25,26);1H. The van der Waals surface area contributed by atoms with Gasteiger partial charge in [0.05, 0.1) is 0 Å². The molecule has 30 heavy (non-hydrogen) atoms. The molecule has 0 spiro atoms. The second-order valence-corrected chi connectivity index (χ2v) is 7.99. The minimum absolute atomic E-state index is 0. The summed E-state index contributed by atoms with van der Waals surface area (Å²) in [6.07, 6.45) is 5.09. The van der Waals surface area contributed by atoms with E-state index in [9.17, 15) is 4.79 Å². The van der Waals surface area contributed by atoms with Crippen LogP contribution in [0.25, 0.3) is 0 Å². The number of nitrogens with zero attached hydrogens (tertiary/aromatic N) is 3. The average molecular weight is 530 g/mol. The van der Waals surface area contributed by atoms with Gasteiger partial charge in [0.1, 0.15) is 0 Å². The summed E-state index contributed by atoms with van der Waals surface area (Å²) in [4.78, 5) is 20.7. The van der Waals surface area contributed by atoms with E-state index in [4.69, 9.17) is 10.7 Å². The lowest BCUT2D eigenvalue weighted by atomic mass is 9.96. The van der Waals surface area contributed by atoms with Crippen molar-refractivity contribution in [2.24, 2.45) is 16.6 Å². The van der Waals surface area contributed by atoms with Gasteiger partial charge in [0, 0.05) is 32.6 Å². The van der Waals surface area contributed by atoms with Crippen molar-refractivity contribution in [2.45, 2.75) is 52.5 Å². The molecule has 1 aromatic carbocycles. The molecule has 7 heteroatoms. The lowest BCUT2D eigenvalue weighted by Gasteiger charge is -2.30. The van der Waals surface area contributed by atoms with Gasteiger partial charge in [0.2, 0.25) is 5.91 Å². The monoisotopic (exact) mass is 529 g/mol. The van der Waals surface area contributed by atoms with E-state index in [-0.39, 0.29) is 35.8 Å². The van der Waals surface area contributed by atoms with Crippen molar-refractivity contribution in [1.82, 2.24) is 15.1 Å². The van der Waals surface area contributed by atoms with Gasteiger partial charge in [0.25, 0.3) is 0 Å². The van der Waals surface area contributed by atoms with Crippen LogP contribution < -0.4 is 11.1 Å². The Morgan fingerprint density at radius 3 is 2.37 bits per heavy atom. The fourth-order valence-corrected chi connectivity index (χ4v) is 3.77. The number of aryl methyl sites for hydroxylation is 1. The van der Waals surface area contributed by atoms with Crippen molar-refractivity contribution in [2.75, 3.05) is 39.8 Å². The summed E-state index contributed by atoms with van der Waals surface area (Å²) in [5.74, 6) is 0.905. The van der Waals surface area contributed by atoms with Gasteiger partial charge in [-0.3, -0.25) is 9.79 Å². The summed E-state index contributed by atoms with van der Waals surface area (Å²) in [5.41, 5.74) is 8.08. The number of carbonyl (C=O) groups excluding carboxylic acids is 1. The number of amides is 1. The van der Waals surface area contributed by atoms with E-state index in [1.54, 1.807) is 0 Å². The van der Waals surface area contributed by atoms with Crippen LogP contribution in [-0.4, -0.2) is 61.4 Å². The number of nitrogens with two attached hydrogens (primary N) is 1. The van der Waals surface area contributed by atoms with E-state index in [0.29, 0.717) is 0 Å². The third kappa shape index (κ3) is 9.20. The SMILES string of the molecule is CCNC(=NCCCCN1CCC(C(N)=O)CC1)N(C)Cc1ccc(CC)cc1.I. The number of carbonyl (C=O) groups is 1. The Morgan fingerprint density at radius 2 is 1.80 bits per heavy atom. The number of benzene rings is 1. The molecule has 0 unspecified atom stereocenters. The lowest BCUT2D eigenvalue weighted by molar-refractivity contribution is -0.123. The minimum atomic E-state index is -0.139. The van der Waals surface area contributed by atoms with E-state index in [0.717, 1.165) is 77.3 Å². The number of nitrogens with one attached hydrogen (secondary N) is 1. The molecule has 1 amide bonds. The Morgan fingerprint density at radius 1 is 1.17 bits per heavy atom. The van der Waals surface area contributed by atoms with Crippen LogP contribution in [0.5, 0.6) is 0 Å². The average Bonchev–Trinajstić information content (AvgIpc) is 2.73. The van der Waals surface area contributed by atoms with Crippen molar-refractivity contribution in [1.29, 1.82) is 0 Å². The minimum Gasteiger partial charge on any atom is -0.369 e. The number of guanidine groups is 1. The first kappa shape index (κ1) is 26.7. The maximum absolute atomic E-state index is 11.3. The molecule has 0 aliphatic carbocycles. The van der Waals surface area contributed by atoms with Gasteiger partial charge in [-0.1, -0.05) is 31.2 Å². The number of primary amides is 1. The van der Waals surface area contributed by atoms with Crippen molar-refractivity contribution in [3.05, 3.63) is 35.4 Å². The molecule has 6 nitrogen and oxygen atoms in total. The van der Waals surface area contributed by atoms with E-state index in [1.165, 1.54) is 11.1 Å². The van der Waals surface area contributed by atoms with Gasteiger partial charge in [0.15, 0.2) is 5.96 Å². The fourth-order valence-electron chi connectivity index (χ4n) is 3.77. The highest BCUT2D eigenvalue weighted by Crippen LogP contribution is 2.16. The van der Waals surface area contributed by atoms with Crippen LogP contribution in [0.3, 0.4) is 0 Å². The number of hydrogen-bond acceptors (Lipinski definition) is 3. The summed E-state index contributed by atoms with van der Waals surface area (Å²) in [5, 5.41) is 3.40. The Labute approximate surface area is 199 Å². The molecule has 0 saturated carbocycles. The van der Waals surface area contributed by atoms with Crippen molar-refractivity contribution in [3.8, 4) is 0 Å². The molecule has 2 rings (SSSR count). The van der Waals surface area contributed by atoms with Crippen molar-refractivity contribution >= 4 is 35.8 Å². The van der Waals surface area contributed by atoms with E-state index >= 15 is 0 Å². The maximum atomic E-state index is 11.3. The topological polar surface area (TPSA) is 74.0 Å². The van der Waals surface area contributed by atoms with Crippen LogP contribution in [0.2, 0.25) is 0 Å². The van der Waals surface area contributed by atoms with Gasteiger partial charge >= 0.3 is 0 Å². The molecule has 0 atom stereocenters. The Hall–Kier alpha value is -1.35. The summed E-state index contributed by atoms with van der Waals surface area (Å²) >= 11 is 0. The predicted molar refractivity (Wildman–Crippen MR) is 136 cm³/mol. The van der Waals surface area contributed by atoms with Crippen LogP contribution in [0, 0.1) is 5.92 Å². The van der Waals surface area contributed by atoms with Crippen LogP contribution in [-0.2, 0) is 17.8 Å². The molecule has 1 aliphatic rings. The molecule has 1 aromatic rings. The summed E-state index contributed by atoms with van der Waals surface area (Å²) in [7, 11) is 2.10. The van der Waals surface area contributed by atoms with E-state index < -0.39 is 0 Å². The lowest BCUT2D eigenvalue weighted by Crippen LogP contribution is -2.39. The van der Waals surface area contributed by atoms with Gasteiger partial charge in [-0.25, -0.2) is 0 Å². The molecule has 0 bridgehead atoms. The summed E-state index contributed by atoms with van der Waals surface area (Å²) < 4.78 is 0. The Bertz CT molecular complexity index is 641. The van der Waals surface area contributed by atoms with Crippen molar-refractivity contribution < 1.29 is 4.79 Å². The number of hydrogen-bond donors (Lipinski definition) is 2. The highest BCUT2D eigenvalue weighted by atomic mass is 127.